The summed E-state index contributed by atoms with van der Waals surface area (Å²) in [6, 6.07) is 20.8. The van der Waals surface area contributed by atoms with Crippen LogP contribution < -0.4 is 9.47 Å². The average molecular weight is 472 g/mol. The molecule has 4 aromatic rings. The lowest BCUT2D eigenvalue weighted by Crippen LogP contribution is -1.95. The molecule has 0 amide bonds. The summed E-state index contributed by atoms with van der Waals surface area (Å²) >= 11 is 9.55. The van der Waals surface area contributed by atoms with Gasteiger partial charge >= 0.3 is 0 Å². The van der Waals surface area contributed by atoms with Crippen LogP contribution in [0, 0.1) is 0 Å². The fourth-order valence-electron chi connectivity index (χ4n) is 2.82. The largest absolute Gasteiger partial charge is 0.496 e. The van der Waals surface area contributed by atoms with Crippen LogP contribution in [0.3, 0.4) is 0 Å². The number of halogens is 2. The fourth-order valence-corrected chi connectivity index (χ4v) is 3.37. The van der Waals surface area contributed by atoms with Crippen LogP contribution in [0.1, 0.15) is 5.56 Å². The molecule has 1 aromatic heterocycles. The van der Waals surface area contributed by atoms with Crippen molar-refractivity contribution >= 4 is 27.5 Å². The van der Waals surface area contributed by atoms with Gasteiger partial charge in [-0.15, -0.1) is 0 Å². The summed E-state index contributed by atoms with van der Waals surface area (Å²) in [6.07, 6.45) is 0. The van der Waals surface area contributed by atoms with E-state index in [-0.39, 0.29) is 0 Å². The van der Waals surface area contributed by atoms with Crippen LogP contribution >= 0.6 is 27.5 Å². The normalized spacial score (nSPS) is 10.7. The van der Waals surface area contributed by atoms with Gasteiger partial charge in [0.2, 0.25) is 5.82 Å². The zero-order chi connectivity index (χ0) is 20.2. The van der Waals surface area contributed by atoms with E-state index in [1.807, 2.05) is 48.5 Å². The third-order valence-electron chi connectivity index (χ3n) is 4.20. The van der Waals surface area contributed by atoms with Crippen molar-refractivity contribution in [1.29, 1.82) is 0 Å². The van der Waals surface area contributed by atoms with Crippen molar-refractivity contribution in [3.05, 3.63) is 81.8 Å². The van der Waals surface area contributed by atoms with Crippen LogP contribution in [0.5, 0.6) is 11.5 Å². The molecule has 0 aliphatic heterocycles. The molecular formula is C22H16BrClN2O3. The summed E-state index contributed by atoms with van der Waals surface area (Å²) in [7, 11) is 1.59. The van der Waals surface area contributed by atoms with Gasteiger partial charge in [-0.05, 0) is 54.1 Å². The first-order valence-corrected chi connectivity index (χ1v) is 9.95. The Hall–Kier alpha value is -2.83. The second-order valence-corrected chi connectivity index (χ2v) is 7.57. The maximum Gasteiger partial charge on any atom is 0.258 e. The summed E-state index contributed by atoms with van der Waals surface area (Å²) in [4.78, 5) is 4.51. The van der Waals surface area contributed by atoms with Crippen molar-refractivity contribution in [1.82, 2.24) is 10.1 Å². The Kier molecular flexibility index (Phi) is 5.83. The van der Waals surface area contributed by atoms with Crippen LogP contribution in [-0.4, -0.2) is 17.3 Å². The predicted octanol–water partition coefficient (Wildman–Crippen LogP) is 6.41. The monoisotopic (exact) mass is 470 g/mol. The van der Waals surface area contributed by atoms with Crippen molar-refractivity contribution in [2.75, 3.05) is 7.11 Å². The number of aromatic nitrogens is 2. The van der Waals surface area contributed by atoms with E-state index in [4.69, 9.17) is 25.6 Å². The van der Waals surface area contributed by atoms with Crippen LogP contribution in [0.25, 0.3) is 22.8 Å². The van der Waals surface area contributed by atoms with E-state index in [2.05, 4.69) is 26.1 Å². The number of ether oxygens (including phenoxy) is 2. The molecule has 3 aromatic carbocycles. The number of rotatable bonds is 6. The van der Waals surface area contributed by atoms with Gasteiger partial charge in [0.25, 0.3) is 5.89 Å². The topological polar surface area (TPSA) is 57.4 Å². The molecule has 0 saturated heterocycles. The molecule has 0 N–H and O–H groups in total. The Balaban J connectivity index is 1.56. The first-order chi connectivity index (χ1) is 14.1. The number of methoxy groups -OCH3 is 1. The highest BCUT2D eigenvalue weighted by Gasteiger charge is 2.15. The maximum absolute atomic E-state index is 6.10. The van der Waals surface area contributed by atoms with E-state index in [9.17, 15) is 0 Å². The van der Waals surface area contributed by atoms with Gasteiger partial charge in [-0.25, -0.2) is 0 Å². The molecule has 4 rings (SSSR count). The molecule has 29 heavy (non-hydrogen) atoms. The summed E-state index contributed by atoms with van der Waals surface area (Å²) < 4.78 is 17.7. The lowest BCUT2D eigenvalue weighted by atomic mass is 10.1. The SMILES string of the molecule is COc1ccc(Cl)cc1-c1noc(-c2cccc(COc3cccc(Br)c3)c2)n1. The number of hydrogen-bond donors (Lipinski definition) is 0. The molecule has 5 nitrogen and oxygen atoms in total. The Morgan fingerprint density at radius 3 is 2.72 bits per heavy atom. The zero-order valence-corrected chi connectivity index (χ0v) is 17.8. The number of benzene rings is 3. The smallest absolute Gasteiger partial charge is 0.258 e. The van der Waals surface area contributed by atoms with Gasteiger partial charge in [-0.1, -0.05) is 50.9 Å². The van der Waals surface area contributed by atoms with Gasteiger partial charge in [-0.2, -0.15) is 4.98 Å². The molecule has 0 unspecified atom stereocenters. The van der Waals surface area contributed by atoms with Crippen molar-refractivity contribution in [2.45, 2.75) is 6.61 Å². The van der Waals surface area contributed by atoms with Crippen molar-refractivity contribution in [3.63, 3.8) is 0 Å². The maximum atomic E-state index is 6.10. The average Bonchev–Trinajstić information content (AvgIpc) is 3.23. The number of nitrogens with zero attached hydrogens (tertiary/aromatic N) is 2. The highest BCUT2D eigenvalue weighted by molar-refractivity contribution is 9.10. The Morgan fingerprint density at radius 2 is 1.90 bits per heavy atom. The van der Waals surface area contributed by atoms with Gasteiger partial charge in [0.15, 0.2) is 0 Å². The highest BCUT2D eigenvalue weighted by Crippen LogP contribution is 2.32. The second kappa shape index (κ2) is 8.68. The molecule has 146 valence electrons. The summed E-state index contributed by atoms with van der Waals surface area (Å²) in [5, 5.41) is 4.65. The molecule has 0 radical (unpaired) electrons. The quantitative estimate of drug-likeness (QED) is 0.325. The first kappa shape index (κ1) is 19.5. The third-order valence-corrected chi connectivity index (χ3v) is 4.93. The minimum Gasteiger partial charge on any atom is -0.496 e. The molecule has 1 heterocycles. The molecule has 0 fully saturated rings. The highest BCUT2D eigenvalue weighted by atomic mass is 79.9. The predicted molar refractivity (Wildman–Crippen MR) is 115 cm³/mol. The summed E-state index contributed by atoms with van der Waals surface area (Å²) in [5.74, 6) is 2.23. The molecule has 0 bridgehead atoms. The first-order valence-electron chi connectivity index (χ1n) is 8.77. The van der Waals surface area contributed by atoms with Gasteiger partial charge in [0.05, 0.1) is 12.7 Å². The van der Waals surface area contributed by atoms with E-state index in [1.54, 1.807) is 25.3 Å². The van der Waals surface area contributed by atoms with E-state index in [1.165, 1.54) is 0 Å². The van der Waals surface area contributed by atoms with E-state index in [0.29, 0.717) is 34.7 Å². The second-order valence-electron chi connectivity index (χ2n) is 6.21. The molecule has 0 spiro atoms. The van der Waals surface area contributed by atoms with Crippen LogP contribution in [0.4, 0.5) is 0 Å². The third kappa shape index (κ3) is 4.60. The van der Waals surface area contributed by atoms with Crippen LogP contribution in [0.2, 0.25) is 5.02 Å². The van der Waals surface area contributed by atoms with E-state index >= 15 is 0 Å². The molecule has 0 saturated carbocycles. The minimum absolute atomic E-state index is 0.409. The lowest BCUT2D eigenvalue weighted by Gasteiger charge is -2.07. The van der Waals surface area contributed by atoms with Crippen LogP contribution in [0.15, 0.2) is 75.7 Å². The van der Waals surface area contributed by atoms with Crippen molar-refractivity contribution < 1.29 is 14.0 Å². The molecular weight excluding hydrogens is 456 g/mol. The van der Waals surface area contributed by atoms with Gasteiger partial charge < -0.3 is 14.0 Å². The molecule has 0 aliphatic carbocycles. The molecule has 0 aliphatic rings. The molecule has 7 heteroatoms. The van der Waals surface area contributed by atoms with E-state index < -0.39 is 0 Å². The minimum atomic E-state index is 0.409. The van der Waals surface area contributed by atoms with Crippen molar-refractivity contribution in [3.8, 4) is 34.3 Å². The van der Waals surface area contributed by atoms with E-state index in [0.717, 1.165) is 21.3 Å². The Bertz CT molecular complexity index is 1150. The summed E-state index contributed by atoms with van der Waals surface area (Å²) in [6.45, 7) is 0.424. The zero-order valence-electron chi connectivity index (χ0n) is 15.4. The number of hydrogen-bond acceptors (Lipinski definition) is 5. The standard InChI is InChI=1S/C22H16BrClN2O3/c1-27-20-9-8-17(24)12-19(20)21-25-22(29-26-21)15-5-2-4-14(10-15)13-28-18-7-3-6-16(23)11-18/h2-12H,13H2,1H3. The van der Waals surface area contributed by atoms with Crippen LogP contribution in [-0.2, 0) is 6.61 Å². The van der Waals surface area contributed by atoms with Gasteiger partial charge in [-0.3, -0.25) is 0 Å². The van der Waals surface area contributed by atoms with Gasteiger partial charge in [0.1, 0.15) is 18.1 Å². The summed E-state index contributed by atoms with van der Waals surface area (Å²) in [5.41, 5.74) is 2.46. The van der Waals surface area contributed by atoms with Crippen molar-refractivity contribution in [2.24, 2.45) is 0 Å². The fraction of sp³-hybridized carbons (Fsp3) is 0.0909. The Labute approximate surface area is 181 Å². The Morgan fingerprint density at radius 1 is 1.03 bits per heavy atom. The van der Waals surface area contributed by atoms with Gasteiger partial charge in [0, 0.05) is 15.1 Å². The lowest BCUT2D eigenvalue weighted by molar-refractivity contribution is 0.306. The molecule has 0 atom stereocenters.